The van der Waals surface area contributed by atoms with Crippen LogP contribution in [-0.4, -0.2) is 18.4 Å². The number of hydrogen-bond donors (Lipinski definition) is 0. The molecule has 0 atom stereocenters. The summed E-state index contributed by atoms with van der Waals surface area (Å²) in [6.07, 6.45) is 4.56. The summed E-state index contributed by atoms with van der Waals surface area (Å²) in [5.74, 6) is -0.603. The fourth-order valence-electron chi connectivity index (χ4n) is 0.389. The first-order valence-corrected chi connectivity index (χ1v) is 4.14. The number of esters is 1. The van der Waals surface area contributed by atoms with Crippen molar-refractivity contribution in [3.63, 3.8) is 0 Å². The molecule has 0 saturated heterocycles. The van der Waals surface area contributed by atoms with Crippen LogP contribution >= 0.6 is 0 Å². The third-order valence-corrected chi connectivity index (χ3v) is 0.977. The molecule has 0 fully saturated rings. The molecule has 0 saturated carbocycles. The lowest BCUT2D eigenvalue weighted by Crippen LogP contribution is -1.97. The zero-order chi connectivity index (χ0) is 12.1. The zero-order valence-corrected chi connectivity index (χ0v) is 8.60. The van der Waals surface area contributed by atoms with E-state index in [0.717, 1.165) is 24.3 Å². The largest absolute Gasteiger partial charge is 0.463 e. The normalized spacial score (nSPS) is 8.00. The molecule has 0 rings (SSSR count). The van der Waals surface area contributed by atoms with Crippen LogP contribution in [0.3, 0.4) is 0 Å². The van der Waals surface area contributed by atoms with Crippen molar-refractivity contribution in [1.29, 1.82) is 5.26 Å². The van der Waals surface area contributed by atoms with Crippen molar-refractivity contribution in [2.45, 2.75) is 6.92 Å². The molecule has 0 aromatic carbocycles. The van der Waals surface area contributed by atoms with Crippen LogP contribution in [0.1, 0.15) is 6.92 Å². The van der Waals surface area contributed by atoms with Gasteiger partial charge < -0.3 is 4.74 Å². The van der Waals surface area contributed by atoms with E-state index in [1.165, 1.54) is 0 Å². The predicted octanol–water partition coefficient (Wildman–Crippen LogP) is 1.56. The number of nitriles is 1. The van der Waals surface area contributed by atoms with Gasteiger partial charge in [-0.1, -0.05) is 13.2 Å². The molecule has 4 nitrogen and oxygen atoms in total. The first-order valence-electron chi connectivity index (χ1n) is 4.14. The van der Waals surface area contributed by atoms with Crippen molar-refractivity contribution in [2.75, 3.05) is 6.61 Å². The molecular formula is C11H13NO3. The molecule has 0 aromatic heterocycles. The molecule has 80 valence electrons. The number of carbonyl (C=O) groups excluding carboxylic acids is 2. The van der Waals surface area contributed by atoms with Gasteiger partial charge in [-0.15, -0.1) is 0 Å². The minimum atomic E-state index is -0.359. The fourth-order valence-corrected chi connectivity index (χ4v) is 0.389. The van der Waals surface area contributed by atoms with Gasteiger partial charge in [0.2, 0.25) is 0 Å². The predicted molar refractivity (Wildman–Crippen MR) is 56.8 cm³/mol. The Morgan fingerprint density at radius 1 is 1.40 bits per heavy atom. The van der Waals surface area contributed by atoms with Crippen LogP contribution in [0, 0.1) is 11.3 Å². The average Bonchev–Trinajstić information content (AvgIpc) is 2.26. The monoisotopic (exact) mass is 207 g/mol. The van der Waals surface area contributed by atoms with Crippen LogP contribution in [0.15, 0.2) is 37.5 Å². The lowest BCUT2D eigenvalue weighted by molar-refractivity contribution is -0.137. The Balaban J connectivity index is 0. The lowest BCUT2D eigenvalue weighted by Gasteiger charge is -1.90. The number of hydrogen-bond acceptors (Lipinski definition) is 4. The van der Waals surface area contributed by atoms with Gasteiger partial charge in [0.15, 0.2) is 5.78 Å². The van der Waals surface area contributed by atoms with E-state index in [1.54, 1.807) is 13.0 Å². The van der Waals surface area contributed by atoms with E-state index in [4.69, 9.17) is 5.26 Å². The molecule has 0 N–H and O–H groups in total. The summed E-state index contributed by atoms with van der Waals surface area (Å²) in [4.78, 5) is 20.3. The first-order chi connectivity index (χ1) is 7.12. The SMILES string of the molecule is C=CC(=O)C=CC#N.C=CC(=O)OCC. The van der Waals surface area contributed by atoms with Crippen LogP contribution in [-0.2, 0) is 14.3 Å². The summed E-state index contributed by atoms with van der Waals surface area (Å²) >= 11 is 0. The second-order valence-electron chi connectivity index (χ2n) is 2.03. The second kappa shape index (κ2) is 11.8. The molecule has 15 heavy (non-hydrogen) atoms. The van der Waals surface area contributed by atoms with Crippen LogP contribution in [0.4, 0.5) is 0 Å². The van der Waals surface area contributed by atoms with E-state index in [9.17, 15) is 9.59 Å². The lowest BCUT2D eigenvalue weighted by atomic mass is 10.3. The summed E-state index contributed by atoms with van der Waals surface area (Å²) < 4.78 is 4.43. The minimum Gasteiger partial charge on any atom is -0.463 e. The second-order valence-corrected chi connectivity index (χ2v) is 2.03. The average molecular weight is 207 g/mol. The molecular weight excluding hydrogens is 194 g/mol. The van der Waals surface area contributed by atoms with Gasteiger partial charge in [-0.3, -0.25) is 4.79 Å². The van der Waals surface area contributed by atoms with Crippen molar-refractivity contribution < 1.29 is 14.3 Å². The highest BCUT2D eigenvalue weighted by Crippen LogP contribution is 1.75. The zero-order valence-electron chi connectivity index (χ0n) is 8.60. The Morgan fingerprint density at radius 2 is 2.00 bits per heavy atom. The maximum Gasteiger partial charge on any atom is 0.330 e. The molecule has 0 bridgehead atoms. The Bertz CT molecular complexity index is 297. The van der Waals surface area contributed by atoms with Gasteiger partial charge in [0.25, 0.3) is 0 Å². The number of carbonyl (C=O) groups is 2. The van der Waals surface area contributed by atoms with Gasteiger partial charge >= 0.3 is 5.97 Å². The summed E-state index contributed by atoms with van der Waals surface area (Å²) in [5, 5.41) is 7.89. The van der Waals surface area contributed by atoms with Crippen LogP contribution in [0.25, 0.3) is 0 Å². The highest BCUT2D eigenvalue weighted by molar-refractivity contribution is 5.98. The number of ketones is 1. The first kappa shape index (κ1) is 15.3. The number of nitrogens with zero attached hydrogens (tertiary/aromatic N) is 1. The van der Waals surface area contributed by atoms with Crippen molar-refractivity contribution in [1.82, 2.24) is 0 Å². The molecule has 4 heteroatoms. The van der Waals surface area contributed by atoms with Crippen molar-refractivity contribution >= 4 is 11.8 Å². The van der Waals surface area contributed by atoms with E-state index in [0.29, 0.717) is 6.61 Å². The molecule has 0 aliphatic rings. The summed E-state index contributed by atoms with van der Waals surface area (Å²) in [5.41, 5.74) is 0. The van der Waals surface area contributed by atoms with Crippen LogP contribution in [0.5, 0.6) is 0 Å². The third kappa shape index (κ3) is 14.7. The summed E-state index contributed by atoms with van der Waals surface area (Å²) in [6, 6.07) is 1.68. The van der Waals surface area contributed by atoms with E-state index < -0.39 is 0 Å². The molecule has 0 spiro atoms. The van der Waals surface area contributed by atoms with Gasteiger partial charge in [-0.25, -0.2) is 4.79 Å². The fraction of sp³-hybridized carbons (Fsp3) is 0.182. The van der Waals surface area contributed by atoms with Gasteiger partial charge in [-0.05, 0) is 19.1 Å². The molecule has 0 unspecified atom stereocenters. The van der Waals surface area contributed by atoms with E-state index in [-0.39, 0.29) is 11.8 Å². The van der Waals surface area contributed by atoms with Crippen molar-refractivity contribution in [3.05, 3.63) is 37.5 Å². The standard InChI is InChI=1S/C6H5NO.C5H8O2/c1-2-6(8)4-3-5-7;1-3-5(6)7-4-2/h2-4H,1H2;3H,1,4H2,2H3. The third-order valence-electron chi connectivity index (χ3n) is 0.977. The Hall–Kier alpha value is -2.15. The summed E-state index contributed by atoms with van der Waals surface area (Å²) in [6.45, 7) is 8.58. The minimum absolute atomic E-state index is 0.244. The van der Waals surface area contributed by atoms with Crippen LogP contribution in [0.2, 0.25) is 0 Å². The number of ether oxygens (including phenoxy) is 1. The molecule has 0 aromatic rings. The Morgan fingerprint density at radius 3 is 2.27 bits per heavy atom. The highest BCUT2D eigenvalue weighted by Gasteiger charge is 1.86. The highest BCUT2D eigenvalue weighted by atomic mass is 16.5. The van der Waals surface area contributed by atoms with E-state index in [1.807, 2.05) is 0 Å². The van der Waals surface area contributed by atoms with E-state index >= 15 is 0 Å². The molecule has 0 aliphatic heterocycles. The quantitative estimate of drug-likeness (QED) is 0.398. The van der Waals surface area contributed by atoms with Crippen molar-refractivity contribution in [2.24, 2.45) is 0 Å². The smallest absolute Gasteiger partial charge is 0.330 e. The molecule has 0 aliphatic carbocycles. The van der Waals surface area contributed by atoms with Gasteiger partial charge in [0, 0.05) is 12.2 Å². The van der Waals surface area contributed by atoms with Crippen molar-refractivity contribution in [3.8, 4) is 6.07 Å². The molecule has 0 amide bonds. The topological polar surface area (TPSA) is 67.2 Å². The Kier molecular flexibility index (Phi) is 12.1. The van der Waals surface area contributed by atoms with Crippen LogP contribution < -0.4 is 0 Å². The Labute approximate surface area is 89.2 Å². The van der Waals surface area contributed by atoms with Gasteiger partial charge in [0.1, 0.15) is 0 Å². The summed E-state index contributed by atoms with van der Waals surface area (Å²) in [7, 11) is 0. The number of allylic oxidation sites excluding steroid dienone is 3. The van der Waals surface area contributed by atoms with Gasteiger partial charge in [-0.2, -0.15) is 5.26 Å². The van der Waals surface area contributed by atoms with Gasteiger partial charge in [0.05, 0.1) is 12.7 Å². The maximum absolute atomic E-state index is 10.2. The maximum atomic E-state index is 10.2. The molecule has 0 radical (unpaired) electrons. The number of rotatable bonds is 4. The van der Waals surface area contributed by atoms with E-state index in [2.05, 4.69) is 17.9 Å². The molecule has 0 heterocycles.